The van der Waals surface area contributed by atoms with Crippen LogP contribution in [-0.4, -0.2) is 41.6 Å². The number of halogens is 1. The molecule has 1 saturated heterocycles. The fraction of sp³-hybridized carbons (Fsp3) is 0.250. The first-order valence-electron chi connectivity index (χ1n) is 11.8. The zero-order valence-corrected chi connectivity index (χ0v) is 20.7. The van der Waals surface area contributed by atoms with Crippen LogP contribution in [0.5, 0.6) is 0 Å². The number of piperazine rings is 1. The number of benzene rings is 2. The predicted molar refractivity (Wildman–Crippen MR) is 142 cm³/mol. The molecule has 5 rings (SSSR count). The minimum atomic E-state index is -0.225. The largest absolute Gasteiger partial charge is 0.365 e. The van der Waals surface area contributed by atoms with Crippen molar-refractivity contribution in [2.24, 2.45) is 0 Å². The molecule has 4 aromatic rings. The number of fused-ring (bicyclic) bond motifs is 1. The number of hydrogen-bond donors (Lipinski definition) is 1. The van der Waals surface area contributed by atoms with Gasteiger partial charge in [-0.25, -0.2) is 9.97 Å². The second kappa shape index (κ2) is 9.92. The first-order chi connectivity index (χ1) is 17.0. The molecule has 1 amide bonds. The molecule has 1 N–H and O–H groups in total. The van der Waals surface area contributed by atoms with Gasteiger partial charge >= 0.3 is 0 Å². The van der Waals surface area contributed by atoms with Crippen molar-refractivity contribution in [2.45, 2.75) is 26.4 Å². The molecule has 1 aliphatic heterocycles. The molecule has 178 valence electrons. The Balaban J connectivity index is 1.26. The Hall–Kier alpha value is -3.64. The van der Waals surface area contributed by atoms with Crippen molar-refractivity contribution in [2.75, 3.05) is 29.4 Å². The van der Waals surface area contributed by atoms with E-state index in [9.17, 15) is 4.79 Å². The Labute approximate surface area is 210 Å². The lowest BCUT2D eigenvalue weighted by atomic mass is 10.1. The predicted octanol–water partition coefficient (Wildman–Crippen LogP) is 5.24. The van der Waals surface area contributed by atoms with E-state index in [0.29, 0.717) is 28.8 Å². The van der Waals surface area contributed by atoms with Crippen molar-refractivity contribution in [3.63, 3.8) is 0 Å². The van der Waals surface area contributed by atoms with Gasteiger partial charge in [0.1, 0.15) is 11.5 Å². The number of nitrogens with zero attached hydrogens (tertiary/aromatic N) is 4. The molecule has 0 spiro atoms. The quantitative estimate of drug-likeness (QED) is 0.419. The average molecular weight is 486 g/mol. The lowest BCUT2D eigenvalue weighted by molar-refractivity contribution is 0.0946. The molecule has 2 aromatic heterocycles. The molecule has 35 heavy (non-hydrogen) atoms. The van der Waals surface area contributed by atoms with E-state index in [1.807, 2.05) is 42.5 Å². The maximum absolute atomic E-state index is 12.6. The molecule has 1 aliphatic rings. The van der Waals surface area contributed by atoms with Crippen LogP contribution in [0.1, 0.15) is 28.5 Å². The number of carbonyl (C=O) groups is 1. The van der Waals surface area contributed by atoms with Gasteiger partial charge in [-0.15, -0.1) is 0 Å². The average Bonchev–Trinajstić information content (AvgIpc) is 2.87. The standard InChI is InChI=1S/C28H28ClN5O/c1-19-6-8-23(9-7-19)34-15-14-33(18-20(34)2)27-13-12-24-25(32-27)10-11-26(31-24)28(35)30-17-21-4-3-5-22(29)16-21/h3-13,16,20H,14-15,17-18H2,1-2H3,(H,30,35)/t20-/m0/s1. The summed E-state index contributed by atoms with van der Waals surface area (Å²) in [6.07, 6.45) is 0. The van der Waals surface area contributed by atoms with Crippen LogP contribution in [0, 0.1) is 6.92 Å². The van der Waals surface area contributed by atoms with Crippen LogP contribution in [0.15, 0.2) is 72.8 Å². The van der Waals surface area contributed by atoms with E-state index in [1.165, 1.54) is 11.3 Å². The van der Waals surface area contributed by atoms with Crippen molar-refractivity contribution in [3.05, 3.63) is 94.6 Å². The Kier molecular flexibility index (Phi) is 6.55. The summed E-state index contributed by atoms with van der Waals surface area (Å²) in [5.41, 5.74) is 5.33. The number of aryl methyl sites for hydroxylation is 1. The summed E-state index contributed by atoms with van der Waals surface area (Å²) in [6, 6.07) is 24.1. The van der Waals surface area contributed by atoms with E-state index in [4.69, 9.17) is 16.6 Å². The Morgan fingerprint density at radius 2 is 1.77 bits per heavy atom. The van der Waals surface area contributed by atoms with Crippen LogP contribution in [-0.2, 0) is 6.54 Å². The van der Waals surface area contributed by atoms with Crippen molar-refractivity contribution >= 4 is 40.0 Å². The highest BCUT2D eigenvalue weighted by atomic mass is 35.5. The topological polar surface area (TPSA) is 61.4 Å². The molecular formula is C28H28ClN5O. The van der Waals surface area contributed by atoms with E-state index < -0.39 is 0 Å². The summed E-state index contributed by atoms with van der Waals surface area (Å²) in [5, 5.41) is 3.55. The Morgan fingerprint density at radius 1 is 1.00 bits per heavy atom. The molecule has 7 heteroatoms. The second-order valence-corrected chi connectivity index (χ2v) is 9.48. The summed E-state index contributed by atoms with van der Waals surface area (Å²) in [7, 11) is 0. The first kappa shape index (κ1) is 23.1. The highest BCUT2D eigenvalue weighted by Gasteiger charge is 2.25. The number of amides is 1. The minimum Gasteiger partial charge on any atom is -0.365 e. The summed E-state index contributed by atoms with van der Waals surface area (Å²) in [6.45, 7) is 7.49. The lowest BCUT2D eigenvalue weighted by Gasteiger charge is -2.41. The van der Waals surface area contributed by atoms with Gasteiger partial charge in [-0.3, -0.25) is 4.79 Å². The molecule has 0 aliphatic carbocycles. The highest BCUT2D eigenvalue weighted by Crippen LogP contribution is 2.25. The van der Waals surface area contributed by atoms with E-state index in [1.54, 1.807) is 6.07 Å². The number of aromatic nitrogens is 2. The summed E-state index contributed by atoms with van der Waals surface area (Å²) < 4.78 is 0. The molecule has 1 atom stereocenters. The smallest absolute Gasteiger partial charge is 0.270 e. The molecule has 6 nitrogen and oxygen atoms in total. The van der Waals surface area contributed by atoms with Crippen molar-refractivity contribution in [1.82, 2.24) is 15.3 Å². The van der Waals surface area contributed by atoms with E-state index in [2.05, 4.69) is 58.2 Å². The molecule has 2 aromatic carbocycles. The lowest BCUT2D eigenvalue weighted by Crippen LogP contribution is -2.52. The van der Waals surface area contributed by atoms with Gasteiger partial charge < -0.3 is 15.1 Å². The van der Waals surface area contributed by atoms with Crippen LogP contribution < -0.4 is 15.1 Å². The van der Waals surface area contributed by atoms with Crippen molar-refractivity contribution in [3.8, 4) is 0 Å². The van der Waals surface area contributed by atoms with Crippen LogP contribution in [0.25, 0.3) is 11.0 Å². The van der Waals surface area contributed by atoms with Gasteiger partial charge in [0.2, 0.25) is 0 Å². The third-order valence-corrected chi connectivity index (χ3v) is 6.65. The number of carbonyl (C=O) groups excluding carboxylic acids is 1. The fourth-order valence-corrected chi connectivity index (χ4v) is 4.72. The number of rotatable bonds is 5. The van der Waals surface area contributed by atoms with Gasteiger partial charge in [0.15, 0.2) is 0 Å². The van der Waals surface area contributed by atoms with Gasteiger partial charge in [-0.1, -0.05) is 41.4 Å². The Bertz CT molecular complexity index is 1360. The first-order valence-corrected chi connectivity index (χ1v) is 12.2. The summed E-state index contributed by atoms with van der Waals surface area (Å²) in [5.74, 6) is 0.713. The van der Waals surface area contributed by atoms with Crippen LogP contribution in [0.2, 0.25) is 5.02 Å². The monoisotopic (exact) mass is 485 g/mol. The number of pyridine rings is 2. The normalized spacial score (nSPS) is 15.9. The van der Waals surface area contributed by atoms with Crippen LogP contribution in [0.4, 0.5) is 11.5 Å². The molecule has 0 unspecified atom stereocenters. The van der Waals surface area contributed by atoms with Gasteiger partial charge in [0.05, 0.1) is 11.0 Å². The third-order valence-electron chi connectivity index (χ3n) is 6.42. The Morgan fingerprint density at radius 3 is 2.54 bits per heavy atom. The van der Waals surface area contributed by atoms with Crippen LogP contribution in [0.3, 0.4) is 0 Å². The summed E-state index contributed by atoms with van der Waals surface area (Å²) >= 11 is 6.02. The molecule has 0 saturated carbocycles. The molecule has 3 heterocycles. The molecule has 0 radical (unpaired) electrons. The van der Waals surface area contributed by atoms with Crippen molar-refractivity contribution < 1.29 is 4.79 Å². The van der Waals surface area contributed by atoms with Gasteiger partial charge in [0, 0.05) is 42.9 Å². The van der Waals surface area contributed by atoms with Crippen LogP contribution >= 0.6 is 11.6 Å². The van der Waals surface area contributed by atoms with Gasteiger partial charge in [-0.05, 0) is 67.9 Å². The number of nitrogens with one attached hydrogen (secondary N) is 1. The SMILES string of the molecule is Cc1ccc(N2CCN(c3ccc4nc(C(=O)NCc5cccc(Cl)c5)ccc4n3)C[C@@H]2C)cc1. The summed E-state index contributed by atoms with van der Waals surface area (Å²) in [4.78, 5) is 26.8. The van der Waals surface area contributed by atoms with Gasteiger partial charge in [0.25, 0.3) is 5.91 Å². The maximum atomic E-state index is 12.6. The zero-order chi connectivity index (χ0) is 24.4. The fourth-order valence-electron chi connectivity index (χ4n) is 4.51. The second-order valence-electron chi connectivity index (χ2n) is 9.04. The third kappa shape index (κ3) is 5.23. The number of anilines is 2. The molecule has 1 fully saturated rings. The highest BCUT2D eigenvalue weighted by molar-refractivity contribution is 6.30. The van der Waals surface area contributed by atoms with Gasteiger partial charge in [-0.2, -0.15) is 0 Å². The molecular weight excluding hydrogens is 458 g/mol. The molecule has 0 bridgehead atoms. The minimum absolute atomic E-state index is 0.225. The maximum Gasteiger partial charge on any atom is 0.270 e. The van der Waals surface area contributed by atoms with E-state index in [0.717, 1.165) is 36.5 Å². The zero-order valence-electron chi connectivity index (χ0n) is 19.9. The number of hydrogen-bond acceptors (Lipinski definition) is 5. The van der Waals surface area contributed by atoms with Crippen molar-refractivity contribution in [1.29, 1.82) is 0 Å². The van der Waals surface area contributed by atoms with E-state index in [-0.39, 0.29) is 5.91 Å². The van der Waals surface area contributed by atoms with E-state index >= 15 is 0 Å².